The highest BCUT2D eigenvalue weighted by atomic mass is 16.5. The van der Waals surface area contributed by atoms with Gasteiger partial charge in [-0.1, -0.05) is 189 Å². The third kappa shape index (κ3) is 40.3. The van der Waals surface area contributed by atoms with Crippen LogP contribution in [0.25, 0.3) is 0 Å². The normalized spacial score (nSPS) is 20.8. The molecule has 2 aromatic carbocycles. The van der Waals surface area contributed by atoms with Crippen LogP contribution in [0.2, 0.25) is 0 Å². The van der Waals surface area contributed by atoms with Crippen molar-refractivity contribution >= 4 is 0 Å². The van der Waals surface area contributed by atoms with Gasteiger partial charge >= 0.3 is 0 Å². The van der Waals surface area contributed by atoms with Crippen molar-refractivity contribution in [2.24, 2.45) is 11.8 Å². The monoisotopic (exact) mass is 1260 g/mol. The van der Waals surface area contributed by atoms with E-state index in [2.05, 4.69) is 90.1 Å². The highest BCUT2D eigenvalue weighted by Gasteiger charge is 2.29. The molecule has 2 aromatic rings. The van der Waals surface area contributed by atoms with E-state index in [0.717, 1.165) is 117 Å². The molecule has 6 rings (SSSR count). The minimum Gasteiger partial charge on any atom is -0.378 e. The van der Waals surface area contributed by atoms with Gasteiger partial charge in [-0.25, -0.2) is 0 Å². The van der Waals surface area contributed by atoms with Crippen LogP contribution in [-0.4, -0.2) is 240 Å². The summed E-state index contributed by atoms with van der Waals surface area (Å²) in [6, 6.07) is 21.3. The molecule has 14 heteroatoms. The van der Waals surface area contributed by atoms with Crippen molar-refractivity contribution in [1.29, 1.82) is 0 Å². The predicted molar refractivity (Wildman–Crippen MR) is 372 cm³/mol. The van der Waals surface area contributed by atoms with Crippen molar-refractivity contribution in [1.82, 2.24) is 29.4 Å². The molecule has 4 heterocycles. The van der Waals surface area contributed by atoms with Crippen molar-refractivity contribution in [3.8, 4) is 0 Å². The number of ether oxygens (including phenoxy) is 8. The van der Waals surface area contributed by atoms with Gasteiger partial charge in [0.05, 0.1) is 106 Å². The lowest BCUT2D eigenvalue weighted by Crippen LogP contribution is -2.41. The molecule has 4 aliphatic heterocycles. The average molecular weight is 1260 g/mol. The van der Waals surface area contributed by atoms with Crippen molar-refractivity contribution in [3.63, 3.8) is 0 Å². The van der Waals surface area contributed by atoms with Crippen LogP contribution in [0.5, 0.6) is 0 Å². The van der Waals surface area contributed by atoms with Crippen LogP contribution in [0.15, 0.2) is 60.7 Å². The van der Waals surface area contributed by atoms with Crippen LogP contribution in [0.4, 0.5) is 0 Å². The van der Waals surface area contributed by atoms with E-state index in [0.29, 0.717) is 79.3 Å². The molecule has 4 aliphatic rings. The molecule has 0 atom stereocenters. The van der Waals surface area contributed by atoms with Crippen LogP contribution >= 0.6 is 0 Å². The molecule has 14 nitrogen and oxygen atoms in total. The molecule has 0 bridgehead atoms. The van der Waals surface area contributed by atoms with Crippen LogP contribution in [0.3, 0.4) is 0 Å². The molecule has 0 saturated carbocycles. The van der Waals surface area contributed by atoms with E-state index in [1.54, 1.807) is 0 Å². The summed E-state index contributed by atoms with van der Waals surface area (Å²) in [6.07, 6.45) is 39.2. The molecule has 0 spiro atoms. The van der Waals surface area contributed by atoms with Crippen LogP contribution in [-0.2, 0) is 51.0 Å². The molecule has 518 valence electrons. The molecule has 0 N–H and O–H groups in total. The maximum atomic E-state index is 6.00. The van der Waals surface area contributed by atoms with Crippen molar-refractivity contribution in [2.45, 2.75) is 193 Å². The summed E-state index contributed by atoms with van der Waals surface area (Å²) in [4.78, 5) is 15.5. The molecule has 90 heavy (non-hydrogen) atoms. The Morgan fingerprint density at radius 2 is 0.400 bits per heavy atom. The Labute approximate surface area is 551 Å². The highest BCUT2D eigenvalue weighted by molar-refractivity contribution is 5.15. The van der Waals surface area contributed by atoms with Gasteiger partial charge in [0.25, 0.3) is 0 Å². The quantitative estimate of drug-likeness (QED) is 0.0613. The topological polar surface area (TPSA) is 93.3 Å². The number of piperidine rings is 2. The number of likely N-dealkylation sites (tertiary alicyclic amines) is 2. The van der Waals surface area contributed by atoms with E-state index in [-0.39, 0.29) is 0 Å². The Hall–Kier alpha value is -2.12. The molecule has 0 radical (unpaired) electrons. The molecular formula is C76H136N6O8. The van der Waals surface area contributed by atoms with Gasteiger partial charge in [-0.05, 0) is 127 Å². The molecule has 0 amide bonds. The zero-order valence-electron chi connectivity index (χ0n) is 57.7. The Morgan fingerprint density at radius 3 is 0.622 bits per heavy atom. The first-order chi connectivity index (χ1) is 44.8. The molecule has 4 fully saturated rings. The third-order valence-electron chi connectivity index (χ3n) is 19.7. The minimum absolute atomic E-state index is 0.645. The first-order valence-corrected chi connectivity index (χ1v) is 37.8. The second-order valence-corrected chi connectivity index (χ2v) is 26.9. The number of hydrogen-bond acceptors (Lipinski definition) is 14. The highest BCUT2D eigenvalue weighted by Crippen LogP contribution is 2.33. The maximum Gasteiger partial charge on any atom is 0.0701 e. The minimum atomic E-state index is 0.645. The SMILES string of the molecule is c1ccc(CN2CCOCCOCCN(CCCCCCCCCCCCCCN3CCC(C4CCN(CCCCCCCCCCCCCCN5CCOCCOCCN(Cc6ccccc6)CCOCCOCC5)CC4)CC3)CCOCCOCC2)cc1. The summed E-state index contributed by atoms with van der Waals surface area (Å²) in [7, 11) is 0. The molecule has 0 unspecified atom stereocenters. The first-order valence-electron chi connectivity index (χ1n) is 37.8. The summed E-state index contributed by atoms with van der Waals surface area (Å²) in [6.45, 7) is 30.6. The van der Waals surface area contributed by atoms with Gasteiger partial charge in [0.1, 0.15) is 0 Å². The van der Waals surface area contributed by atoms with Crippen molar-refractivity contribution in [2.75, 3.05) is 210 Å². The van der Waals surface area contributed by atoms with E-state index in [1.807, 2.05) is 0 Å². The molecular weight excluding hydrogens is 1120 g/mol. The fourth-order valence-electron chi connectivity index (χ4n) is 13.9. The number of hydrogen-bond donors (Lipinski definition) is 0. The van der Waals surface area contributed by atoms with Gasteiger partial charge < -0.3 is 47.7 Å². The Kier molecular flexibility index (Phi) is 47.0. The maximum absolute atomic E-state index is 6.00. The fourth-order valence-corrected chi connectivity index (χ4v) is 13.9. The van der Waals surface area contributed by atoms with Gasteiger partial charge in [-0.15, -0.1) is 0 Å². The molecule has 4 saturated heterocycles. The van der Waals surface area contributed by atoms with E-state index in [9.17, 15) is 0 Å². The second kappa shape index (κ2) is 55.1. The van der Waals surface area contributed by atoms with Gasteiger partial charge in [-0.2, -0.15) is 0 Å². The Bertz CT molecular complexity index is 1680. The number of nitrogens with zero attached hydrogens (tertiary/aromatic N) is 6. The van der Waals surface area contributed by atoms with Crippen LogP contribution < -0.4 is 0 Å². The Morgan fingerprint density at radius 1 is 0.211 bits per heavy atom. The zero-order valence-corrected chi connectivity index (χ0v) is 57.7. The number of rotatable bonds is 35. The molecule has 0 aliphatic carbocycles. The van der Waals surface area contributed by atoms with Crippen molar-refractivity contribution < 1.29 is 37.9 Å². The zero-order chi connectivity index (χ0) is 62.3. The number of benzene rings is 2. The second-order valence-electron chi connectivity index (χ2n) is 26.9. The lowest BCUT2D eigenvalue weighted by Gasteiger charge is -2.40. The fraction of sp³-hybridized carbons (Fsp3) is 0.842. The van der Waals surface area contributed by atoms with E-state index < -0.39 is 0 Å². The van der Waals surface area contributed by atoms with Crippen LogP contribution in [0, 0.1) is 11.8 Å². The van der Waals surface area contributed by atoms with E-state index in [4.69, 9.17) is 37.9 Å². The predicted octanol–water partition coefficient (Wildman–Crippen LogP) is 13.5. The van der Waals surface area contributed by atoms with Crippen LogP contribution in [0.1, 0.15) is 191 Å². The third-order valence-corrected chi connectivity index (χ3v) is 19.7. The first kappa shape index (κ1) is 76.9. The lowest BCUT2D eigenvalue weighted by atomic mass is 9.78. The smallest absolute Gasteiger partial charge is 0.0701 e. The largest absolute Gasteiger partial charge is 0.378 e. The number of unbranched alkanes of at least 4 members (excludes halogenated alkanes) is 22. The summed E-state index contributed by atoms with van der Waals surface area (Å²) in [5, 5.41) is 0. The van der Waals surface area contributed by atoms with Gasteiger partial charge in [-0.3, -0.25) is 19.6 Å². The summed E-state index contributed by atoms with van der Waals surface area (Å²) in [5.41, 5.74) is 2.64. The van der Waals surface area contributed by atoms with Gasteiger partial charge in [0, 0.05) is 65.4 Å². The summed E-state index contributed by atoms with van der Waals surface area (Å²) in [5.74, 6) is 1.97. The standard InChI is InChI=1S/C76H136N6O8/c1(3-7-11-15-19-29-41-79-47-55-83-63-67-87-59-51-81(71-73-31-23-21-24-32-73)52-60-88-68-64-84-56-48-79)5-9-13-17-27-39-77-43-35-75(36-44-77)76-37-45-78(46-38-76)40-28-18-14-10-6-2-4-8-12-16-20-30-42-80-49-57-85-65-69-89-61-53-82(72-74-33-25-22-26-34-74)54-62-90-70-66-86-58-50-80/h21-26,31-34,75-76H,1-20,27-30,35-72H2. The Balaban J connectivity index is 0.641. The van der Waals surface area contributed by atoms with E-state index in [1.165, 1.54) is 230 Å². The summed E-state index contributed by atoms with van der Waals surface area (Å²) < 4.78 is 47.8. The summed E-state index contributed by atoms with van der Waals surface area (Å²) >= 11 is 0. The van der Waals surface area contributed by atoms with Crippen molar-refractivity contribution in [3.05, 3.63) is 71.8 Å². The lowest BCUT2D eigenvalue weighted by molar-refractivity contribution is 0.00699. The van der Waals surface area contributed by atoms with Gasteiger partial charge in [0.15, 0.2) is 0 Å². The average Bonchev–Trinajstić information content (AvgIpc) is 3.53. The van der Waals surface area contributed by atoms with E-state index >= 15 is 0 Å². The van der Waals surface area contributed by atoms with Gasteiger partial charge in [0.2, 0.25) is 0 Å². The molecule has 0 aromatic heterocycles.